The number of thioether (sulfide) groups is 1. The molecule has 1 aliphatic rings. The maximum absolute atomic E-state index is 4.65. The molecule has 140 valence electrons. The zero-order valence-electron chi connectivity index (χ0n) is 16.4. The number of hydrogen-bond acceptors (Lipinski definition) is 3. The topological polar surface area (TPSA) is 25.8 Å². The molecule has 1 aromatic heterocycles. The molecule has 0 unspecified atom stereocenters. The van der Waals surface area contributed by atoms with Crippen molar-refractivity contribution in [1.82, 2.24) is 9.97 Å². The standard InChI is InChI=1S/C23H32N2S/c1-23(2,3)26-17-19-11-9-18(10-12-19)13-14-21-15-25-22(16-24-21)20-7-5-4-6-8-20/h4-8,15-16,18-19H,9-14,17H2,1-3H3. The third kappa shape index (κ3) is 6.12. The van der Waals surface area contributed by atoms with Crippen LogP contribution in [0.3, 0.4) is 0 Å². The highest BCUT2D eigenvalue weighted by atomic mass is 32.2. The van der Waals surface area contributed by atoms with E-state index < -0.39 is 0 Å². The van der Waals surface area contributed by atoms with Crippen LogP contribution in [0.2, 0.25) is 0 Å². The van der Waals surface area contributed by atoms with Gasteiger partial charge in [0.25, 0.3) is 0 Å². The smallest absolute Gasteiger partial charge is 0.0885 e. The van der Waals surface area contributed by atoms with Gasteiger partial charge >= 0.3 is 0 Å². The lowest BCUT2D eigenvalue weighted by atomic mass is 9.80. The SMILES string of the molecule is CC(C)(C)SCC1CCC(CCc2cnc(-c3ccccc3)cn2)CC1. The van der Waals surface area contributed by atoms with Gasteiger partial charge in [0.1, 0.15) is 0 Å². The van der Waals surface area contributed by atoms with E-state index in [1.807, 2.05) is 30.6 Å². The quantitative estimate of drug-likeness (QED) is 0.589. The van der Waals surface area contributed by atoms with Crippen LogP contribution in [0.25, 0.3) is 11.3 Å². The molecule has 0 aliphatic heterocycles. The van der Waals surface area contributed by atoms with Gasteiger partial charge in [0.05, 0.1) is 17.6 Å². The lowest BCUT2D eigenvalue weighted by Crippen LogP contribution is -2.19. The van der Waals surface area contributed by atoms with Crippen LogP contribution in [0.1, 0.15) is 58.6 Å². The molecule has 1 aromatic carbocycles. The molecule has 2 nitrogen and oxygen atoms in total. The zero-order chi connectivity index (χ0) is 18.4. The molecule has 0 spiro atoms. The number of nitrogens with zero attached hydrogens (tertiary/aromatic N) is 2. The Morgan fingerprint density at radius 2 is 1.62 bits per heavy atom. The second kappa shape index (κ2) is 9.03. The van der Waals surface area contributed by atoms with Crippen LogP contribution in [0.5, 0.6) is 0 Å². The third-order valence-electron chi connectivity index (χ3n) is 5.30. The molecule has 1 fully saturated rings. The maximum atomic E-state index is 4.65. The molecule has 0 amide bonds. The molecule has 1 heterocycles. The second-order valence-corrected chi connectivity index (χ2v) is 10.5. The van der Waals surface area contributed by atoms with Crippen LogP contribution in [-0.4, -0.2) is 20.5 Å². The Balaban J connectivity index is 1.41. The molecule has 0 bridgehead atoms. The highest BCUT2D eigenvalue weighted by molar-refractivity contribution is 8.00. The molecule has 0 N–H and O–H groups in total. The monoisotopic (exact) mass is 368 g/mol. The van der Waals surface area contributed by atoms with Crippen LogP contribution in [0, 0.1) is 11.8 Å². The minimum Gasteiger partial charge on any atom is -0.257 e. The summed E-state index contributed by atoms with van der Waals surface area (Å²) in [6.45, 7) is 6.98. The van der Waals surface area contributed by atoms with Crippen LogP contribution in [0.4, 0.5) is 0 Å². The van der Waals surface area contributed by atoms with E-state index in [9.17, 15) is 0 Å². The molecule has 0 atom stereocenters. The second-order valence-electron chi connectivity index (χ2n) is 8.61. The Hall–Kier alpha value is -1.35. The van der Waals surface area contributed by atoms with Crippen molar-refractivity contribution in [3.8, 4) is 11.3 Å². The van der Waals surface area contributed by atoms with E-state index in [2.05, 4.69) is 54.6 Å². The summed E-state index contributed by atoms with van der Waals surface area (Å²) < 4.78 is 0.404. The van der Waals surface area contributed by atoms with E-state index in [1.165, 1.54) is 37.9 Å². The number of benzene rings is 1. The first-order valence-corrected chi connectivity index (χ1v) is 11.0. The molecule has 3 heteroatoms. The molecule has 26 heavy (non-hydrogen) atoms. The maximum Gasteiger partial charge on any atom is 0.0885 e. The zero-order valence-corrected chi connectivity index (χ0v) is 17.3. The fourth-order valence-corrected chi connectivity index (χ4v) is 4.72. The molecular weight excluding hydrogens is 336 g/mol. The summed E-state index contributed by atoms with van der Waals surface area (Å²) in [6.07, 6.45) is 11.8. The summed E-state index contributed by atoms with van der Waals surface area (Å²) in [6, 6.07) is 10.3. The minimum atomic E-state index is 0.404. The predicted molar refractivity (Wildman–Crippen MR) is 113 cm³/mol. The molecule has 0 radical (unpaired) electrons. The van der Waals surface area contributed by atoms with E-state index in [0.717, 1.165) is 35.2 Å². The lowest BCUT2D eigenvalue weighted by molar-refractivity contribution is 0.280. The van der Waals surface area contributed by atoms with Gasteiger partial charge < -0.3 is 0 Å². The Morgan fingerprint density at radius 1 is 0.923 bits per heavy atom. The van der Waals surface area contributed by atoms with Gasteiger partial charge in [0, 0.05) is 16.5 Å². The Bertz CT molecular complexity index is 653. The van der Waals surface area contributed by atoms with Crippen molar-refractivity contribution in [2.45, 2.75) is 64.0 Å². The van der Waals surface area contributed by atoms with Crippen LogP contribution >= 0.6 is 11.8 Å². The Labute approximate surface area is 163 Å². The van der Waals surface area contributed by atoms with Crippen molar-refractivity contribution < 1.29 is 0 Å². The van der Waals surface area contributed by atoms with Crippen molar-refractivity contribution >= 4 is 11.8 Å². The lowest BCUT2D eigenvalue weighted by Gasteiger charge is -2.30. The summed E-state index contributed by atoms with van der Waals surface area (Å²) in [7, 11) is 0. The number of aromatic nitrogens is 2. The summed E-state index contributed by atoms with van der Waals surface area (Å²) in [5.41, 5.74) is 3.24. The van der Waals surface area contributed by atoms with Crippen molar-refractivity contribution in [3.05, 3.63) is 48.4 Å². The van der Waals surface area contributed by atoms with Gasteiger partial charge in [-0.3, -0.25) is 9.97 Å². The number of aryl methyl sites for hydroxylation is 1. The highest BCUT2D eigenvalue weighted by Crippen LogP contribution is 2.35. The molecular formula is C23H32N2S. The summed E-state index contributed by atoms with van der Waals surface area (Å²) in [5, 5.41) is 0. The van der Waals surface area contributed by atoms with Crippen LogP contribution in [0.15, 0.2) is 42.7 Å². The molecule has 2 aromatic rings. The Kier molecular flexibility index (Phi) is 6.74. The van der Waals surface area contributed by atoms with Crippen LogP contribution in [-0.2, 0) is 6.42 Å². The van der Waals surface area contributed by atoms with E-state index in [1.54, 1.807) is 0 Å². The minimum absolute atomic E-state index is 0.404. The Morgan fingerprint density at radius 3 is 2.23 bits per heavy atom. The third-order valence-corrected chi connectivity index (χ3v) is 6.81. The largest absolute Gasteiger partial charge is 0.257 e. The van der Waals surface area contributed by atoms with Crippen molar-refractivity contribution in [3.63, 3.8) is 0 Å². The fourth-order valence-electron chi connectivity index (χ4n) is 3.65. The van der Waals surface area contributed by atoms with Gasteiger partial charge in [-0.2, -0.15) is 11.8 Å². The number of rotatable bonds is 6. The molecule has 1 saturated carbocycles. The number of hydrogen-bond donors (Lipinski definition) is 0. The van der Waals surface area contributed by atoms with Gasteiger partial charge in [0.2, 0.25) is 0 Å². The van der Waals surface area contributed by atoms with Gasteiger partial charge in [0.15, 0.2) is 0 Å². The van der Waals surface area contributed by atoms with Gasteiger partial charge in [-0.15, -0.1) is 0 Å². The van der Waals surface area contributed by atoms with E-state index in [4.69, 9.17) is 0 Å². The van der Waals surface area contributed by atoms with Gasteiger partial charge in [-0.25, -0.2) is 0 Å². The highest BCUT2D eigenvalue weighted by Gasteiger charge is 2.23. The van der Waals surface area contributed by atoms with Crippen molar-refractivity contribution in [2.75, 3.05) is 5.75 Å². The molecule has 0 saturated heterocycles. The van der Waals surface area contributed by atoms with E-state index in [0.29, 0.717) is 4.75 Å². The first-order chi connectivity index (χ1) is 12.5. The van der Waals surface area contributed by atoms with E-state index >= 15 is 0 Å². The van der Waals surface area contributed by atoms with Crippen molar-refractivity contribution in [1.29, 1.82) is 0 Å². The first-order valence-electron chi connectivity index (χ1n) is 10.00. The molecule has 1 aliphatic carbocycles. The molecule has 3 rings (SSSR count). The average Bonchev–Trinajstić information content (AvgIpc) is 2.66. The average molecular weight is 369 g/mol. The fraction of sp³-hybridized carbons (Fsp3) is 0.565. The summed E-state index contributed by atoms with van der Waals surface area (Å²) >= 11 is 2.13. The van der Waals surface area contributed by atoms with Crippen molar-refractivity contribution in [2.24, 2.45) is 11.8 Å². The normalized spacial score (nSPS) is 20.9. The van der Waals surface area contributed by atoms with E-state index in [-0.39, 0.29) is 0 Å². The van der Waals surface area contributed by atoms with Gasteiger partial charge in [-0.1, -0.05) is 63.9 Å². The van der Waals surface area contributed by atoms with Gasteiger partial charge in [-0.05, 0) is 43.3 Å². The summed E-state index contributed by atoms with van der Waals surface area (Å²) in [4.78, 5) is 9.25. The predicted octanol–water partition coefficient (Wildman–Crippen LogP) is 6.41. The summed E-state index contributed by atoms with van der Waals surface area (Å²) in [5.74, 6) is 3.14. The first kappa shape index (κ1) is 19.4. The van der Waals surface area contributed by atoms with Crippen LogP contribution < -0.4 is 0 Å².